The molecule has 8 heteroatoms. The second-order valence-corrected chi connectivity index (χ2v) is 9.00. The summed E-state index contributed by atoms with van der Waals surface area (Å²) >= 11 is 6.62. The maximum atomic E-state index is 12.5. The van der Waals surface area contributed by atoms with Crippen molar-refractivity contribution in [2.75, 3.05) is 23.8 Å². The standard InChI is InChI=1S/C22H28N2O4S2/c1-7-27-19(25)16-13(3)17(20(26)28-8-2)30-18(16)24-21(29)23-15-12-10-9-11-14(15)22(4,5)6/h9-12H,7-8H2,1-6H3,(H2,23,24,29). The van der Waals surface area contributed by atoms with Gasteiger partial charge in [-0.15, -0.1) is 11.3 Å². The van der Waals surface area contributed by atoms with Crippen LogP contribution in [0.1, 0.15) is 65.8 Å². The van der Waals surface area contributed by atoms with Crippen molar-refractivity contribution < 1.29 is 19.1 Å². The minimum Gasteiger partial charge on any atom is -0.462 e. The van der Waals surface area contributed by atoms with Crippen LogP contribution in [0, 0.1) is 6.92 Å². The van der Waals surface area contributed by atoms with Crippen molar-refractivity contribution in [1.29, 1.82) is 0 Å². The fraction of sp³-hybridized carbons (Fsp3) is 0.409. The van der Waals surface area contributed by atoms with Gasteiger partial charge in [-0.3, -0.25) is 0 Å². The Morgan fingerprint density at radius 1 is 1.03 bits per heavy atom. The highest BCUT2D eigenvalue weighted by molar-refractivity contribution is 7.80. The van der Waals surface area contributed by atoms with Crippen molar-refractivity contribution >= 4 is 51.3 Å². The molecule has 2 aromatic rings. The molecular formula is C22H28N2O4S2. The van der Waals surface area contributed by atoms with Crippen LogP contribution in [0.25, 0.3) is 0 Å². The normalized spacial score (nSPS) is 11.0. The zero-order valence-electron chi connectivity index (χ0n) is 18.2. The summed E-state index contributed by atoms with van der Waals surface area (Å²) in [6, 6.07) is 7.90. The van der Waals surface area contributed by atoms with Gasteiger partial charge in [-0.25, -0.2) is 9.59 Å². The average molecular weight is 449 g/mol. The molecule has 6 nitrogen and oxygen atoms in total. The van der Waals surface area contributed by atoms with E-state index in [4.69, 9.17) is 21.7 Å². The van der Waals surface area contributed by atoms with Gasteiger partial charge in [-0.1, -0.05) is 39.0 Å². The maximum Gasteiger partial charge on any atom is 0.348 e. The summed E-state index contributed by atoms with van der Waals surface area (Å²) in [7, 11) is 0. The highest BCUT2D eigenvalue weighted by Crippen LogP contribution is 2.35. The number of thiocarbonyl (C=S) groups is 1. The van der Waals surface area contributed by atoms with Gasteiger partial charge in [-0.05, 0) is 55.6 Å². The van der Waals surface area contributed by atoms with Crippen molar-refractivity contribution in [3.8, 4) is 0 Å². The molecule has 1 aromatic carbocycles. The fourth-order valence-electron chi connectivity index (χ4n) is 2.94. The van der Waals surface area contributed by atoms with Crippen molar-refractivity contribution in [3.63, 3.8) is 0 Å². The monoisotopic (exact) mass is 448 g/mol. The van der Waals surface area contributed by atoms with Crippen molar-refractivity contribution in [3.05, 3.63) is 45.8 Å². The van der Waals surface area contributed by atoms with Crippen molar-refractivity contribution in [1.82, 2.24) is 0 Å². The van der Waals surface area contributed by atoms with Crippen LogP contribution in [0.5, 0.6) is 0 Å². The van der Waals surface area contributed by atoms with E-state index in [1.807, 2.05) is 24.3 Å². The molecule has 30 heavy (non-hydrogen) atoms. The van der Waals surface area contributed by atoms with E-state index in [1.165, 1.54) is 0 Å². The second-order valence-electron chi connectivity index (χ2n) is 7.58. The first-order chi connectivity index (χ1) is 14.1. The molecule has 0 radical (unpaired) electrons. The number of carbonyl (C=O) groups excluding carboxylic acids is 2. The summed E-state index contributed by atoms with van der Waals surface area (Å²) < 4.78 is 10.3. The van der Waals surface area contributed by atoms with Crippen LogP contribution in [0.3, 0.4) is 0 Å². The topological polar surface area (TPSA) is 76.7 Å². The van der Waals surface area contributed by atoms with Crippen LogP contribution < -0.4 is 10.6 Å². The number of rotatable bonds is 6. The zero-order valence-corrected chi connectivity index (χ0v) is 19.8. The Bertz CT molecular complexity index is 945. The van der Waals surface area contributed by atoms with Gasteiger partial charge in [0.2, 0.25) is 0 Å². The predicted molar refractivity (Wildman–Crippen MR) is 126 cm³/mol. The molecule has 0 aliphatic heterocycles. The molecule has 1 heterocycles. The average Bonchev–Trinajstić information content (AvgIpc) is 2.97. The lowest BCUT2D eigenvalue weighted by atomic mass is 9.86. The number of para-hydroxylation sites is 1. The second kappa shape index (κ2) is 10.0. The molecule has 2 rings (SSSR count). The van der Waals surface area contributed by atoms with E-state index in [1.54, 1.807) is 20.8 Å². The quantitative estimate of drug-likeness (QED) is 0.445. The number of nitrogens with one attached hydrogen (secondary N) is 2. The van der Waals surface area contributed by atoms with Crippen LogP contribution in [-0.2, 0) is 14.9 Å². The molecule has 0 unspecified atom stereocenters. The summed E-state index contributed by atoms with van der Waals surface area (Å²) in [6.45, 7) is 12.0. The Kier molecular flexibility index (Phi) is 7.97. The Labute approximate surface area is 187 Å². The SMILES string of the molecule is CCOC(=O)c1sc(NC(=S)Nc2ccccc2C(C)(C)C)c(C(=O)OCC)c1C. The van der Waals surface area contributed by atoms with Gasteiger partial charge >= 0.3 is 11.9 Å². The number of esters is 2. The summed E-state index contributed by atoms with van der Waals surface area (Å²) in [5.74, 6) is -0.988. The molecule has 2 N–H and O–H groups in total. The highest BCUT2D eigenvalue weighted by Gasteiger charge is 2.27. The van der Waals surface area contributed by atoms with Crippen molar-refractivity contribution in [2.24, 2.45) is 0 Å². The number of thiophene rings is 1. The third kappa shape index (κ3) is 5.58. The first-order valence-electron chi connectivity index (χ1n) is 9.75. The smallest absolute Gasteiger partial charge is 0.348 e. The van der Waals surface area contributed by atoms with Gasteiger partial charge in [0, 0.05) is 5.69 Å². The molecule has 0 fully saturated rings. The maximum absolute atomic E-state index is 12.5. The van der Waals surface area contributed by atoms with E-state index in [9.17, 15) is 9.59 Å². The third-order valence-corrected chi connectivity index (χ3v) is 5.69. The van der Waals surface area contributed by atoms with Gasteiger partial charge < -0.3 is 20.1 Å². The number of hydrogen-bond donors (Lipinski definition) is 2. The molecule has 0 spiro atoms. The van der Waals surface area contributed by atoms with Crippen LogP contribution >= 0.6 is 23.6 Å². The van der Waals surface area contributed by atoms with E-state index in [-0.39, 0.29) is 24.2 Å². The first kappa shape index (κ1) is 23.8. The summed E-state index contributed by atoms with van der Waals surface area (Å²) in [4.78, 5) is 25.2. The van der Waals surface area contributed by atoms with Crippen LogP contribution in [0.4, 0.5) is 10.7 Å². The van der Waals surface area contributed by atoms with Gasteiger partial charge in [0.05, 0.1) is 18.8 Å². The van der Waals surface area contributed by atoms with E-state index in [0.717, 1.165) is 22.6 Å². The van der Waals surface area contributed by atoms with Gasteiger partial charge in [0.1, 0.15) is 9.88 Å². The molecule has 0 saturated heterocycles. The minimum atomic E-state index is -0.512. The number of anilines is 2. The Hall–Kier alpha value is -2.45. The van der Waals surface area contributed by atoms with Gasteiger partial charge in [0.25, 0.3) is 0 Å². The molecule has 0 aliphatic rings. The predicted octanol–water partition coefficient (Wildman–Crippen LogP) is 5.52. The van der Waals surface area contributed by atoms with Crippen LogP contribution in [0.2, 0.25) is 0 Å². The van der Waals surface area contributed by atoms with Crippen LogP contribution in [0.15, 0.2) is 24.3 Å². The molecule has 162 valence electrons. The molecule has 0 atom stereocenters. The zero-order chi connectivity index (χ0) is 22.5. The molecule has 0 aliphatic carbocycles. The molecule has 0 saturated carbocycles. The minimum absolute atomic E-state index is 0.0775. The van der Waals surface area contributed by atoms with E-state index in [2.05, 4.69) is 31.4 Å². The third-order valence-electron chi connectivity index (χ3n) is 4.30. The number of hydrogen-bond acceptors (Lipinski definition) is 6. The highest BCUT2D eigenvalue weighted by atomic mass is 32.1. The fourth-order valence-corrected chi connectivity index (χ4v) is 4.31. The molecule has 1 aromatic heterocycles. The Morgan fingerprint density at radius 3 is 2.23 bits per heavy atom. The number of ether oxygens (including phenoxy) is 2. The van der Waals surface area contributed by atoms with E-state index >= 15 is 0 Å². The lowest BCUT2D eigenvalue weighted by Crippen LogP contribution is -2.23. The summed E-state index contributed by atoms with van der Waals surface area (Å²) in [5, 5.41) is 7.03. The van der Waals surface area contributed by atoms with E-state index in [0.29, 0.717) is 20.6 Å². The molecule has 0 bridgehead atoms. The molecule has 0 amide bonds. The number of carbonyl (C=O) groups is 2. The first-order valence-corrected chi connectivity index (χ1v) is 11.0. The van der Waals surface area contributed by atoms with Crippen LogP contribution in [-0.4, -0.2) is 30.3 Å². The van der Waals surface area contributed by atoms with Gasteiger partial charge in [0.15, 0.2) is 5.11 Å². The Balaban J connectivity index is 2.35. The van der Waals surface area contributed by atoms with E-state index < -0.39 is 11.9 Å². The summed E-state index contributed by atoms with van der Waals surface area (Å²) in [5.41, 5.74) is 2.70. The number of benzene rings is 1. The summed E-state index contributed by atoms with van der Waals surface area (Å²) in [6.07, 6.45) is 0. The van der Waals surface area contributed by atoms with Crippen molar-refractivity contribution in [2.45, 2.75) is 47.0 Å². The lowest BCUT2D eigenvalue weighted by Gasteiger charge is -2.23. The largest absolute Gasteiger partial charge is 0.462 e. The lowest BCUT2D eigenvalue weighted by molar-refractivity contribution is 0.0527. The van der Waals surface area contributed by atoms with Gasteiger partial charge in [-0.2, -0.15) is 0 Å². The Morgan fingerprint density at radius 2 is 1.63 bits per heavy atom. The molecular weight excluding hydrogens is 420 g/mol.